The van der Waals surface area contributed by atoms with E-state index in [2.05, 4.69) is 26.6 Å². The van der Waals surface area contributed by atoms with Crippen molar-refractivity contribution < 1.29 is 19.4 Å². The second-order valence-corrected chi connectivity index (χ2v) is 5.23. The van der Waals surface area contributed by atoms with E-state index in [1.54, 1.807) is 0 Å². The number of anilines is 1. The predicted octanol–water partition coefficient (Wildman–Crippen LogP) is 2.29. The fourth-order valence-corrected chi connectivity index (χ4v) is 2.41. The number of hydrogen-bond acceptors (Lipinski definition) is 3. The largest absolute Gasteiger partial charge is 0.479 e. The number of carbonyl (C=O) groups is 2. The van der Waals surface area contributed by atoms with Crippen LogP contribution in [0, 0.1) is 13.8 Å². The normalized spacial score (nSPS) is 11.8. The summed E-state index contributed by atoms with van der Waals surface area (Å²) in [6, 6.07) is 3.30. The Labute approximate surface area is 125 Å². The van der Waals surface area contributed by atoms with E-state index in [9.17, 15) is 9.59 Å². The van der Waals surface area contributed by atoms with Crippen LogP contribution >= 0.6 is 15.9 Å². The molecule has 0 aromatic heterocycles. The molecule has 0 bridgehead atoms. The van der Waals surface area contributed by atoms with E-state index >= 15 is 0 Å². The van der Waals surface area contributed by atoms with Gasteiger partial charge in [0.15, 0.2) is 6.10 Å². The maximum Gasteiger partial charge on any atom is 0.334 e. The third-order valence-corrected chi connectivity index (χ3v) is 3.20. The molecule has 1 aromatic carbocycles. The van der Waals surface area contributed by atoms with Gasteiger partial charge < -0.3 is 20.5 Å². The molecule has 0 aliphatic heterocycles. The molecular weight excluding hydrogens is 328 g/mol. The Hall–Kier alpha value is -1.60. The fraction of sp³-hybridized carbons (Fsp3) is 0.385. The summed E-state index contributed by atoms with van der Waals surface area (Å²) in [4.78, 5) is 22.5. The first-order valence-electron chi connectivity index (χ1n) is 5.92. The molecule has 0 saturated carbocycles. The van der Waals surface area contributed by atoms with Gasteiger partial charge in [-0.15, -0.1) is 0 Å². The van der Waals surface area contributed by atoms with Crippen LogP contribution < -0.4 is 10.6 Å². The average molecular weight is 345 g/mol. The number of carboxylic acids is 1. The summed E-state index contributed by atoms with van der Waals surface area (Å²) in [5.41, 5.74) is 2.53. The lowest BCUT2D eigenvalue weighted by Crippen LogP contribution is -2.39. The zero-order chi connectivity index (χ0) is 15.3. The number of rotatable bonds is 5. The molecule has 0 spiro atoms. The Kier molecular flexibility index (Phi) is 5.97. The van der Waals surface area contributed by atoms with Crippen molar-refractivity contribution in [3.05, 3.63) is 27.7 Å². The van der Waals surface area contributed by atoms with Crippen molar-refractivity contribution in [1.29, 1.82) is 0 Å². The lowest BCUT2D eigenvalue weighted by atomic mass is 10.1. The summed E-state index contributed by atoms with van der Waals surface area (Å²) >= 11 is 3.38. The van der Waals surface area contributed by atoms with E-state index in [4.69, 9.17) is 9.84 Å². The number of aliphatic carboxylic acids is 1. The average Bonchev–Trinajstić information content (AvgIpc) is 2.34. The van der Waals surface area contributed by atoms with Crippen molar-refractivity contribution in [3.63, 3.8) is 0 Å². The second-order valence-electron chi connectivity index (χ2n) is 4.31. The van der Waals surface area contributed by atoms with Gasteiger partial charge in [-0.3, -0.25) is 0 Å². The Balaban J connectivity index is 2.66. The summed E-state index contributed by atoms with van der Waals surface area (Å²) in [5, 5.41) is 14.0. The van der Waals surface area contributed by atoms with Crippen LogP contribution in [0.5, 0.6) is 0 Å². The van der Waals surface area contributed by atoms with Gasteiger partial charge in [-0.2, -0.15) is 0 Å². The molecule has 0 radical (unpaired) electrons. The lowest BCUT2D eigenvalue weighted by molar-refractivity contribution is -0.147. The SMILES string of the molecule is COC(CNC(=O)Nc1c(C)cc(Br)cc1C)C(=O)O. The minimum atomic E-state index is -1.12. The zero-order valence-corrected chi connectivity index (χ0v) is 13.1. The molecule has 0 fully saturated rings. The topological polar surface area (TPSA) is 87.7 Å². The zero-order valence-electron chi connectivity index (χ0n) is 11.5. The van der Waals surface area contributed by atoms with E-state index < -0.39 is 18.1 Å². The number of urea groups is 1. The molecule has 0 aliphatic carbocycles. The summed E-state index contributed by atoms with van der Waals surface area (Å²) in [7, 11) is 1.28. The summed E-state index contributed by atoms with van der Waals surface area (Å²) in [6.07, 6.45) is -1.06. The number of benzene rings is 1. The minimum Gasteiger partial charge on any atom is -0.479 e. The first-order valence-corrected chi connectivity index (χ1v) is 6.71. The van der Waals surface area contributed by atoms with Crippen LogP contribution in [0.2, 0.25) is 0 Å². The van der Waals surface area contributed by atoms with Crippen LogP contribution in [0.3, 0.4) is 0 Å². The van der Waals surface area contributed by atoms with Crippen LogP contribution in [0.1, 0.15) is 11.1 Å². The number of carboxylic acid groups (broad SMARTS) is 1. The van der Waals surface area contributed by atoms with E-state index in [0.29, 0.717) is 5.69 Å². The van der Waals surface area contributed by atoms with Gasteiger partial charge in [0.2, 0.25) is 0 Å². The van der Waals surface area contributed by atoms with E-state index in [1.807, 2.05) is 26.0 Å². The highest BCUT2D eigenvalue weighted by atomic mass is 79.9. The van der Waals surface area contributed by atoms with Gasteiger partial charge in [-0.1, -0.05) is 15.9 Å². The van der Waals surface area contributed by atoms with Gasteiger partial charge in [0, 0.05) is 17.3 Å². The van der Waals surface area contributed by atoms with Gasteiger partial charge in [0.1, 0.15) is 0 Å². The number of nitrogens with one attached hydrogen (secondary N) is 2. The smallest absolute Gasteiger partial charge is 0.334 e. The Morgan fingerprint density at radius 2 is 1.90 bits per heavy atom. The highest BCUT2D eigenvalue weighted by molar-refractivity contribution is 9.10. The number of amides is 2. The molecule has 7 heteroatoms. The highest BCUT2D eigenvalue weighted by Gasteiger charge is 2.17. The molecule has 2 amide bonds. The van der Waals surface area contributed by atoms with Crippen LogP contribution in [0.15, 0.2) is 16.6 Å². The van der Waals surface area contributed by atoms with Crippen molar-refractivity contribution in [2.45, 2.75) is 20.0 Å². The molecule has 1 atom stereocenters. The first kappa shape index (κ1) is 16.5. The standard InChI is InChI=1S/C13H17BrN2O4/c1-7-4-9(14)5-8(2)11(7)16-13(19)15-6-10(20-3)12(17)18/h4-5,10H,6H2,1-3H3,(H,17,18)(H2,15,16,19). The highest BCUT2D eigenvalue weighted by Crippen LogP contribution is 2.24. The van der Waals surface area contributed by atoms with E-state index in [1.165, 1.54) is 7.11 Å². The summed E-state index contributed by atoms with van der Waals surface area (Å²) in [6.45, 7) is 3.65. The van der Waals surface area contributed by atoms with Crippen LogP contribution in [0.25, 0.3) is 0 Å². The Morgan fingerprint density at radius 1 is 1.35 bits per heavy atom. The molecule has 3 N–H and O–H groups in total. The molecule has 0 saturated heterocycles. The van der Waals surface area contributed by atoms with Crippen molar-refractivity contribution in [3.8, 4) is 0 Å². The number of carbonyl (C=O) groups excluding carboxylic acids is 1. The monoisotopic (exact) mass is 344 g/mol. The number of halogens is 1. The van der Waals surface area contributed by atoms with Crippen molar-refractivity contribution in [2.24, 2.45) is 0 Å². The van der Waals surface area contributed by atoms with Gasteiger partial charge in [-0.05, 0) is 37.1 Å². The quantitative estimate of drug-likeness (QED) is 0.764. The summed E-state index contributed by atoms with van der Waals surface area (Å²) < 4.78 is 5.66. The van der Waals surface area contributed by atoms with Gasteiger partial charge in [0.25, 0.3) is 0 Å². The summed E-state index contributed by atoms with van der Waals surface area (Å²) in [5.74, 6) is -1.12. The lowest BCUT2D eigenvalue weighted by Gasteiger charge is -2.15. The van der Waals surface area contributed by atoms with Gasteiger partial charge in [0.05, 0.1) is 6.54 Å². The van der Waals surface area contributed by atoms with Crippen LogP contribution in [0.4, 0.5) is 10.5 Å². The molecule has 1 unspecified atom stereocenters. The van der Waals surface area contributed by atoms with Crippen LogP contribution in [-0.2, 0) is 9.53 Å². The van der Waals surface area contributed by atoms with Crippen molar-refractivity contribution in [2.75, 3.05) is 19.0 Å². The van der Waals surface area contributed by atoms with E-state index in [0.717, 1.165) is 15.6 Å². The van der Waals surface area contributed by atoms with Gasteiger partial charge >= 0.3 is 12.0 Å². The maximum atomic E-state index is 11.8. The van der Waals surface area contributed by atoms with Crippen LogP contribution in [-0.4, -0.2) is 36.9 Å². The Bertz CT molecular complexity index is 496. The number of hydrogen-bond donors (Lipinski definition) is 3. The maximum absolute atomic E-state index is 11.8. The second kappa shape index (κ2) is 7.25. The first-order chi connectivity index (χ1) is 9.35. The van der Waals surface area contributed by atoms with Crippen molar-refractivity contribution >= 4 is 33.6 Å². The number of methoxy groups -OCH3 is 1. The number of aryl methyl sites for hydroxylation is 2. The minimum absolute atomic E-state index is 0.105. The molecule has 0 heterocycles. The predicted molar refractivity (Wildman–Crippen MR) is 79.1 cm³/mol. The van der Waals surface area contributed by atoms with Gasteiger partial charge in [-0.25, -0.2) is 9.59 Å². The molecule has 20 heavy (non-hydrogen) atoms. The number of ether oxygens (including phenoxy) is 1. The third-order valence-electron chi connectivity index (χ3n) is 2.74. The molecular formula is C13H17BrN2O4. The molecule has 110 valence electrons. The van der Waals surface area contributed by atoms with Crippen molar-refractivity contribution in [1.82, 2.24) is 5.32 Å². The Morgan fingerprint density at radius 3 is 2.35 bits per heavy atom. The third kappa shape index (κ3) is 4.50. The molecule has 0 aliphatic rings. The fourth-order valence-electron chi connectivity index (χ4n) is 1.72. The molecule has 1 aromatic rings. The van der Waals surface area contributed by atoms with E-state index in [-0.39, 0.29) is 6.54 Å². The molecule has 1 rings (SSSR count). The molecule has 6 nitrogen and oxygen atoms in total.